The zero-order chi connectivity index (χ0) is 40.7. The highest BCUT2D eigenvalue weighted by atomic mass is 16.6. The number of carbonyl (C=O) groups is 2. The summed E-state index contributed by atoms with van der Waals surface area (Å²) in [5, 5.41) is 0. The summed E-state index contributed by atoms with van der Waals surface area (Å²) in [6.07, 6.45) is -2.28. The van der Waals surface area contributed by atoms with Gasteiger partial charge in [-0.15, -0.1) is 0 Å². The Morgan fingerprint density at radius 1 is 0.448 bits per heavy atom. The SMILES string of the molecule is Cc1ccccc1OC(CC(OC(=O)C(=O)OC(CC(Oc1ccccc1C)c1ccccc1)N(C)Cc1ccccc1)N(C)Cc1ccccc1)c1ccccc1. The van der Waals surface area contributed by atoms with Gasteiger partial charge in [-0.25, -0.2) is 9.59 Å². The number of esters is 2. The third kappa shape index (κ3) is 11.9. The zero-order valence-electron chi connectivity index (χ0n) is 33.6. The Balaban J connectivity index is 1.27. The largest absolute Gasteiger partial charge is 0.485 e. The Labute approximate surface area is 342 Å². The molecule has 0 spiro atoms. The molecule has 8 heteroatoms. The van der Waals surface area contributed by atoms with Gasteiger partial charge in [-0.1, -0.05) is 158 Å². The molecule has 0 saturated carbocycles. The van der Waals surface area contributed by atoms with Gasteiger partial charge in [0.05, 0.1) is 0 Å². The quantitative estimate of drug-likeness (QED) is 0.0485. The normalized spacial score (nSPS) is 13.3. The van der Waals surface area contributed by atoms with E-state index in [-0.39, 0.29) is 12.8 Å². The molecule has 4 atom stereocenters. The van der Waals surface area contributed by atoms with E-state index in [2.05, 4.69) is 0 Å². The fourth-order valence-corrected chi connectivity index (χ4v) is 6.82. The molecule has 0 aliphatic heterocycles. The average Bonchev–Trinajstić information content (AvgIpc) is 3.25. The van der Waals surface area contributed by atoms with Crippen molar-refractivity contribution in [3.63, 3.8) is 0 Å². The van der Waals surface area contributed by atoms with Crippen molar-refractivity contribution >= 4 is 11.9 Å². The minimum absolute atomic E-state index is 0.235. The van der Waals surface area contributed by atoms with Crippen LogP contribution in [0.1, 0.15) is 58.4 Å². The molecular weight excluding hydrogens is 725 g/mol. The van der Waals surface area contributed by atoms with Crippen LogP contribution in [-0.4, -0.2) is 48.3 Å². The first kappa shape index (κ1) is 41.4. The van der Waals surface area contributed by atoms with E-state index in [9.17, 15) is 9.59 Å². The minimum atomic E-state index is -1.10. The lowest BCUT2D eigenvalue weighted by molar-refractivity contribution is -0.187. The van der Waals surface area contributed by atoms with E-state index in [0.717, 1.165) is 44.9 Å². The summed E-state index contributed by atoms with van der Waals surface area (Å²) < 4.78 is 25.6. The van der Waals surface area contributed by atoms with Crippen molar-refractivity contribution in [2.75, 3.05) is 14.1 Å². The second-order valence-electron chi connectivity index (χ2n) is 14.6. The van der Waals surface area contributed by atoms with Crippen molar-refractivity contribution in [3.05, 3.63) is 203 Å². The molecule has 0 aliphatic carbocycles. The van der Waals surface area contributed by atoms with Crippen molar-refractivity contribution in [2.24, 2.45) is 0 Å². The van der Waals surface area contributed by atoms with E-state index in [4.69, 9.17) is 18.9 Å². The van der Waals surface area contributed by atoms with Crippen molar-refractivity contribution in [1.82, 2.24) is 9.80 Å². The lowest BCUT2D eigenvalue weighted by Crippen LogP contribution is -2.42. The van der Waals surface area contributed by atoms with Crippen LogP contribution in [-0.2, 0) is 32.2 Å². The number of nitrogens with zero attached hydrogens (tertiary/aromatic N) is 2. The minimum Gasteiger partial charge on any atom is -0.485 e. The lowest BCUT2D eigenvalue weighted by Gasteiger charge is -2.33. The Kier molecular flexibility index (Phi) is 14.9. The average molecular weight is 777 g/mol. The number of hydrogen-bond donors (Lipinski definition) is 0. The second-order valence-corrected chi connectivity index (χ2v) is 14.6. The Morgan fingerprint density at radius 2 is 0.759 bits per heavy atom. The van der Waals surface area contributed by atoms with Gasteiger partial charge < -0.3 is 18.9 Å². The molecule has 0 aliphatic rings. The summed E-state index contributed by atoms with van der Waals surface area (Å²) in [5.74, 6) is -0.753. The number of aryl methyl sites for hydroxylation is 2. The van der Waals surface area contributed by atoms with E-state index in [1.54, 1.807) is 0 Å². The molecule has 0 heterocycles. The van der Waals surface area contributed by atoms with Crippen LogP contribution in [0.5, 0.6) is 11.5 Å². The number of rotatable bonds is 18. The van der Waals surface area contributed by atoms with Gasteiger partial charge in [0.1, 0.15) is 23.7 Å². The highest BCUT2D eigenvalue weighted by Gasteiger charge is 2.33. The first-order valence-electron chi connectivity index (χ1n) is 19.7. The van der Waals surface area contributed by atoms with Gasteiger partial charge in [0, 0.05) is 25.9 Å². The molecule has 6 aromatic carbocycles. The van der Waals surface area contributed by atoms with Crippen LogP contribution in [0.3, 0.4) is 0 Å². The summed E-state index contributed by atoms with van der Waals surface area (Å²) >= 11 is 0. The standard InChI is InChI=1S/C50H52N2O6/c1-37-21-17-19-31-43(37)55-45(41-27-13-7-14-28-41)33-47(51(3)35-39-23-9-5-10-24-39)57-49(53)50(54)58-48(52(4)36-40-25-11-6-12-26-40)34-46(42-29-15-8-16-30-42)56-44-32-20-18-22-38(44)2/h5-32,45-48H,33-36H2,1-4H3. The molecule has 0 amide bonds. The van der Waals surface area contributed by atoms with E-state index in [1.165, 1.54) is 0 Å². The Bertz CT molecular complexity index is 2010. The fraction of sp³-hybridized carbons (Fsp3) is 0.240. The lowest BCUT2D eigenvalue weighted by atomic mass is 10.0. The summed E-state index contributed by atoms with van der Waals surface area (Å²) in [6, 6.07) is 55.1. The molecule has 6 rings (SSSR count). The molecule has 6 aromatic rings. The molecular formula is C50H52N2O6. The summed E-state index contributed by atoms with van der Waals surface area (Å²) in [5.41, 5.74) is 5.81. The van der Waals surface area contributed by atoms with Crippen molar-refractivity contribution in [2.45, 2.75) is 64.4 Å². The first-order valence-corrected chi connectivity index (χ1v) is 19.7. The predicted octanol–water partition coefficient (Wildman–Crippen LogP) is 10.0. The third-order valence-electron chi connectivity index (χ3n) is 10.1. The highest BCUT2D eigenvalue weighted by Crippen LogP contribution is 2.32. The van der Waals surface area contributed by atoms with Gasteiger partial charge in [0.25, 0.3) is 0 Å². The number of hydrogen-bond acceptors (Lipinski definition) is 8. The molecule has 0 N–H and O–H groups in total. The number of ether oxygens (including phenoxy) is 4. The van der Waals surface area contributed by atoms with Gasteiger partial charge in [-0.2, -0.15) is 0 Å². The Hall–Kier alpha value is -6.22. The number of carbonyl (C=O) groups excluding carboxylic acids is 2. The molecule has 8 nitrogen and oxygen atoms in total. The van der Waals surface area contributed by atoms with Crippen LogP contribution in [0.25, 0.3) is 0 Å². The summed E-state index contributed by atoms with van der Waals surface area (Å²) in [4.78, 5) is 31.9. The predicted molar refractivity (Wildman–Crippen MR) is 227 cm³/mol. The molecule has 0 radical (unpaired) electrons. The van der Waals surface area contributed by atoms with Gasteiger partial charge in [-0.05, 0) is 73.5 Å². The van der Waals surface area contributed by atoms with E-state index >= 15 is 0 Å². The highest BCUT2D eigenvalue weighted by molar-refractivity contribution is 6.29. The smallest absolute Gasteiger partial charge is 0.419 e. The monoisotopic (exact) mass is 776 g/mol. The molecule has 0 saturated heterocycles. The van der Waals surface area contributed by atoms with Crippen LogP contribution >= 0.6 is 0 Å². The van der Waals surface area contributed by atoms with E-state index < -0.39 is 36.6 Å². The maximum atomic E-state index is 14.0. The molecule has 0 fully saturated rings. The van der Waals surface area contributed by atoms with Crippen LogP contribution in [0.4, 0.5) is 0 Å². The van der Waals surface area contributed by atoms with Crippen molar-refractivity contribution < 1.29 is 28.5 Å². The van der Waals surface area contributed by atoms with Gasteiger partial charge in [-0.3, -0.25) is 9.80 Å². The molecule has 58 heavy (non-hydrogen) atoms. The fourth-order valence-electron chi connectivity index (χ4n) is 6.82. The molecule has 298 valence electrons. The zero-order valence-corrected chi connectivity index (χ0v) is 33.6. The van der Waals surface area contributed by atoms with E-state index in [0.29, 0.717) is 13.1 Å². The molecule has 0 aromatic heterocycles. The first-order chi connectivity index (χ1) is 28.2. The van der Waals surface area contributed by atoms with Gasteiger partial charge in [0.2, 0.25) is 0 Å². The maximum Gasteiger partial charge on any atom is 0.419 e. The summed E-state index contributed by atoms with van der Waals surface area (Å²) in [6.45, 7) is 4.90. The van der Waals surface area contributed by atoms with Crippen LogP contribution in [0.15, 0.2) is 170 Å². The van der Waals surface area contributed by atoms with E-state index in [1.807, 2.05) is 208 Å². The van der Waals surface area contributed by atoms with Crippen LogP contribution < -0.4 is 9.47 Å². The number of benzene rings is 6. The summed E-state index contributed by atoms with van der Waals surface area (Å²) in [7, 11) is 3.74. The maximum absolute atomic E-state index is 14.0. The second kappa shape index (κ2) is 20.8. The van der Waals surface area contributed by atoms with Crippen LogP contribution in [0, 0.1) is 13.8 Å². The number of para-hydroxylation sites is 2. The van der Waals surface area contributed by atoms with Crippen LogP contribution in [0.2, 0.25) is 0 Å². The molecule has 4 unspecified atom stereocenters. The molecule has 0 bridgehead atoms. The third-order valence-corrected chi connectivity index (χ3v) is 10.1. The van der Waals surface area contributed by atoms with Crippen molar-refractivity contribution in [1.29, 1.82) is 0 Å². The topological polar surface area (TPSA) is 77.5 Å². The Morgan fingerprint density at radius 3 is 1.10 bits per heavy atom. The van der Waals surface area contributed by atoms with Gasteiger partial charge >= 0.3 is 11.9 Å². The van der Waals surface area contributed by atoms with Crippen molar-refractivity contribution in [3.8, 4) is 11.5 Å². The van der Waals surface area contributed by atoms with Gasteiger partial charge in [0.15, 0.2) is 12.5 Å².